The van der Waals surface area contributed by atoms with Crippen molar-refractivity contribution in [3.63, 3.8) is 0 Å². The maximum Gasteiger partial charge on any atom is 0.190 e. The van der Waals surface area contributed by atoms with Crippen molar-refractivity contribution in [2.45, 2.75) is 45.4 Å². The highest BCUT2D eigenvalue weighted by atomic mass is 127. The molecule has 2 aliphatic rings. The van der Waals surface area contributed by atoms with Gasteiger partial charge in [-0.1, -0.05) is 19.8 Å². The molecule has 0 aromatic rings. The van der Waals surface area contributed by atoms with E-state index in [9.17, 15) is 0 Å². The molecule has 23 heavy (non-hydrogen) atoms. The van der Waals surface area contributed by atoms with E-state index in [0.717, 1.165) is 58.3 Å². The lowest BCUT2D eigenvalue weighted by Crippen LogP contribution is -2.42. The first kappa shape index (κ1) is 21.0. The predicted octanol–water partition coefficient (Wildman–Crippen LogP) is 2.79. The van der Waals surface area contributed by atoms with Gasteiger partial charge >= 0.3 is 0 Å². The third-order valence-corrected chi connectivity index (χ3v) is 4.85. The van der Waals surface area contributed by atoms with E-state index in [1.165, 1.54) is 25.7 Å². The molecule has 5 nitrogen and oxygen atoms in total. The summed E-state index contributed by atoms with van der Waals surface area (Å²) >= 11 is 0. The molecule has 1 saturated heterocycles. The summed E-state index contributed by atoms with van der Waals surface area (Å²) < 4.78 is 11.1. The van der Waals surface area contributed by atoms with Crippen LogP contribution in [0.4, 0.5) is 0 Å². The van der Waals surface area contributed by atoms with Crippen LogP contribution >= 0.6 is 24.0 Å². The fraction of sp³-hybridized carbons (Fsp3) is 0.941. The molecule has 2 N–H and O–H groups in total. The van der Waals surface area contributed by atoms with Gasteiger partial charge in [0.05, 0.1) is 13.2 Å². The first-order valence-corrected chi connectivity index (χ1v) is 8.82. The van der Waals surface area contributed by atoms with E-state index >= 15 is 0 Å². The summed E-state index contributed by atoms with van der Waals surface area (Å²) in [5.41, 5.74) is 0.448. The van der Waals surface area contributed by atoms with Crippen molar-refractivity contribution in [2.75, 3.05) is 46.6 Å². The number of hydrogen-bond donors (Lipinski definition) is 2. The van der Waals surface area contributed by atoms with Crippen molar-refractivity contribution in [1.82, 2.24) is 10.6 Å². The smallest absolute Gasteiger partial charge is 0.190 e. The van der Waals surface area contributed by atoms with Crippen LogP contribution in [0.3, 0.4) is 0 Å². The van der Waals surface area contributed by atoms with E-state index < -0.39 is 0 Å². The molecule has 0 aromatic heterocycles. The number of halogens is 1. The van der Waals surface area contributed by atoms with Crippen LogP contribution in [0.25, 0.3) is 0 Å². The summed E-state index contributed by atoms with van der Waals surface area (Å²) in [5.74, 6) is 1.52. The van der Waals surface area contributed by atoms with E-state index in [0.29, 0.717) is 11.3 Å². The summed E-state index contributed by atoms with van der Waals surface area (Å²) in [7, 11) is 1.84. The molecule has 2 fully saturated rings. The number of rotatable bonds is 8. The first-order chi connectivity index (χ1) is 10.7. The second-order valence-electron chi connectivity index (χ2n) is 7.03. The van der Waals surface area contributed by atoms with Crippen molar-refractivity contribution in [1.29, 1.82) is 0 Å². The van der Waals surface area contributed by atoms with Crippen LogP contribution in [0.5, 0.6) is 0 Å². The van der Waals surface area contributed by atoms with Crippen LogP contribution < -0.4 is 10.6 Å². The minimum absolute atomic E-state index is 0. The van der Waals surface area contributed by atoms with Gasteiger partial charge in [-0.25, -0.2) is 0 Å². The molecule has 0 bridgehead atoms. The lowest BCUT2D eigenvalue weighted by Gasteiger charge is -2.25. The Hall–Kier alpha value is -0.0800. The summed E-state index contributed by atoms with van der Waals surface area (Å²) in [6.45, 7) is 7.71. The second kappa shape index (κ2) is 11.5. The molecule has 1 aliphatic heterocycles. The Labute approximate surface area is 158 Å². The first-order valence-electron chi connectivity index (χ1n) is 8.82. The summed E-state index contributed by atoms with van der Waals surface area (Å²) in [6.07, 6.45) is 7.55. The van der Waals surface area contributed by atoms with E-state index in [4.69, 9.17) is 9.47 Å². The molecule has 0 amide bonds. The normalized spacial score (nSPS) is 23.6. The summed E-state index contributed by atoms with van der Waals surface area (Å²) in [5, 5.41) is 6.84. The molecule has 6 heteroatoms. The van der Waals surface area contributed by atoms with Crippen LogP contribution in [0.2, 0.25) is 0 Å². The molecule has 1 heterocycles. The van der Waals surface area contributed by atoms with Gasteiger partial charge in [-0.2, -0.15) is 0 Å². The molecule has 1 saturated carbocycles. The fourth-order valence-electron chi connectivity index (χ4n) is 3.27. The van der Waals surface area contributed by atoms with Gasteiger partial charge in [-0.3, -0.25) is 4.99 Å². The van der Waals surface area contributed by atoms with Crippen molar-refractivity contribution in [2.24, 2.45) is 16.3 Å². The molecule has 0 spiro atoms. The van der Waals surface area contributed by atoms with Gasteiger partial charge in [0.25, 0.3) is 0 Å². The molecule has 1 atom stereocenters. The molecule has 1 unspecified atom stereocenters. The van der Waals surface area contributed by atoms with E-state index in [2.05, 4.69) is 22.5 Å². The zero-order valence-corrected chi connectivity index (χ0v) is 17.1. The van der Waals surface area contributed by atoms with E-state index in [-0.39, 0.29) is 24.0 Å². The highest BCUT2D eigenvalue weighted by molar-refractivity contribution is 14.0. The average Bonchev–Trinajstić information content (AvgIpc) is 3.18. The Morgan fingerprint density at radius 3 is 2.74 bits per heavy atom. The summed E-state index contributed by atoms with van der Waals surface area (Å²) in [4.78, 5) is 4.30. The Bertz CT molecular complexity index is 341. The van der Waals surface area contributed by atoms with Gasteiger partial charge in [0.15, 0.2) is 5.96 Å². The van der Waals surface area contributed by atoms with Gasteiger partial charge in [0.1, 0.15) is 0 Å². The molecule has 1 aliphatic carbocycles. The van der Waals surface area contributed by atoms with Crippen molar-refractivity contribution < 1.29 is 9.47 Å². The topological polar surface area (TPSA) is 54.9 Å². The third-order valence-electron chi connectivity index (χ3n) is 4.85. The van der Waals surface area contributed by atoms with E-state index in [1.54, 1.807) is 0 Å². The predicted molar refractivity (Wildman–Crippen MR) is 106 cm³/mol. The maximum atomic E-state index is 5.71. The maximum absolute atomic E-state index is 5.71. The summed E-state index contributed by atoms with van der Waals surface area (Å²) in [6, 6.07) is 0. The lowest BCUT2D eigenvalue weighted by atomic mass is 9.89. The fourth-order valence-corrected chi connectivity index (χ4v) is 3.27. The number of nitrogens with zero attached hydrogens (tertiary/aromatic N) is 1. The number of ether oxygens (including phenoxy) is 2. The zero-order valence-electron chi connectivity index (χ0n) is 14.7. The zero-order chi connectivity index (χ0) is 15.7. The van der Waals surface area contributed by atoms with Crippen molar-refractivity contribution >= 4 is 29.9 Å². The Kier molecular flexibility index (Phi) is 10.5. The molecule has 0 aromatic carbocycles. The highest BCUT2D eigenvalue weighted by Crippen LogP contribution is 2.36. The van der Waals surface area contributed by atoms with Crippen LogP contribution in [0.15, 0.2) is 4.99 Å². The van der Waals surface area contributed by atoms with Crippen LogP contribution in [-0.2, 0) is 9.47 Å². The monoisotopic (exact) mass is 439 g/mol. The van der Waals surface area contributed by atoms with Crippen LogP contribution in [0.1, 0.15) is 45.4 Å². The Morgan fingerprint density at radius 2 is 2.09 bits per heavy atom. The third kappa shape index (κ3) is 8.03. The second-order valence-corrected chi connectivity index (χ2v) is 7.03. The Morgan fingerprint density at radius 1 is 1.30 bits per heavy atom. The van der Waals surface area contributed by atoms with Crippen LogP contribution in [-0.4, -0.2) is 52.5 Å². The minimum Gasteiger partial charge on any atom is -0.381 e. The number of guanidine groups is 1. The molecular weight excluding hydrogens is 405 g/mol. The minimum atomic E-state index is 0. The van der Waals surface area contributed by atoms with Gasteiger partial charge in [-0.05, 0) is 31.1 Å². The van der Waals surface area contributed by atoms with Gasteiger partial charge in [-0.15, -0.1) is 24.0 Å². The van der Waals surface area contributed by atoms with Gasteiger partial charge in [0, 0.05) is 39.3 Å². The highest BCUT2D eigenvalue weighted by Gasteiger charge is 2.28. The van der Waals surface area contributed by atoms with Crippen molar-refractivity contribution in [3.05, 3.63) is 0 Å². The largest absolute Gasteiger partial charge is 0.381 e. The molecule has 0 radical (unpaired) electrons. The SMILES string of the molecule is CN=C(NCCCOCC1CCOC1)NCC1(C)CCCC1.I. The lowest BCUT2D eigenvalue weighted by molar-refractivity contribution is 0.0888. The molecule has 136 valence electrons. The average molecular weight is 439 g/mol. The van der Waals surface area contributed by atoms with E-state index in [1.807, 2.05) is 7.05 Å². The van der Waals surface area contributed by atoms with Crippen LogP contribution in [0, 0.1) is 11.3 Å². The standard InChI is InChI=1S/C17H33N3O2.HI/c1-17(7-3-4-8-17)14-20-16(18-2)19-9-5-10-21-12-15-6-11-22-13-15;/h15H,3-14H2,1-2H3,(H2,18,19,20);1H. The molecule has 2 rings (SSSR count). The number of aliphatic imine (C=N–C) groups is 1. The molecular formula is C17H34IN3O2. The van der Waals surface area contributed by atoms with Crippen molar-refractivity contribution in [3.8, 4) is 0 Å². The Balaban J connectivity index is 0.00000264. The van der Waals surface area contributed by atoms with Gasteiger partial charge < -0.3 is 20.1 Å². The quantitative estimate of drug-likeness (QED) is 0.264. The number of nitrogens with one attached hydrogen (secondary N) is 2. The number of hydrogen-bond acceptors (Lipinski definition) is 3. The van der Waals surface area contributed by atoms with Gasteiger partial charge in [0.2, 0.25) is 0 Å².